The first-order valence-electron chi connectivity index (χ1n) is 4.69. The zero-order valence-corrected chi connectivity index (χ0v) is 8.92. The summed E-state index contributed by atoms with van der Waals surface area (Å²) >= 11 is 0. The van der Waals surface area contributed by atoms with E-state index >= 15 is 0 Å². The van der Waals surface area contributed by atoms with Gasteiger partial charge in [-0.1, -0.05) is 0 Å². The summed E-state index contributed by atoms with van der Waals surface area (Å²) in [4.78, 5) is 5.95. The number of hydrogen-bond acceptors (Lipinski definition) is 5. The molecule has 0 spiro atoms. The summed E-state index contributed by atoms with van der Waals surface area (Å²) in [5, 5.41) is 17.9. The van der Waals surface area contributed by atoms with Crippen molar-refractivity contribution in [1.29, 1.82) is 0 Å². The van der Waals surface area contributed by atoms with E-state index in [4.69, 9.17) is 14.8 Å². The molecule has 82 valence electrons. The van der Waals surface area contributed by atoms with E-state index < -0.39 is 7.12 Å². The molecule has 0 bridgehead atoms. The Labute approximate surface area is 89.5 Å². The number of pyridine rings is 1. The van der Waals surface area contributed by atoms with Crippen molar-refractivity contribution in [1.82, 2.24) is 9.88 Å². The number of hydrogen-bond donors (Lipinski definition) is 2. The quantitative estimate of drug-likeness (QED) is 0.591. The molecule has 2 N–H and O–H groups in total. The molecule has 0 aromatic carbocycles. The lowest BCUT2D eigenvalue weighted by molar-refractivity contribution is 0.254. The first kappa shape index (κ1) is 12.0. The van der Waals surface area contributed by atoms with Crippen LogP contribution in [0.5, 0.6) is 5.88 Å². The van der Waals surface area contributed by atoms with Crippen LogP contribution < -0.4 is 10.2 Å². The van der Waals surface area contributed by atoms with Crippen molar-refractivity contribution < 1.29 is 14.8 Å². The molecule has 5 nitrogen and oxygen atoms in total. The predicted octanol–water partition coefficient (Wildman–Crippen LogP) is -1.30. The van der Waals surface area contributed by atoms with E-state index in [1.165, 1.54) is 18.3 Å². The number of ether oxygens (including phenoxy) is 1. The third-order valence-electron chi connectivity index (χ3n) is 1.85. The van der Waals surface area contributed by atoms with Gasteiger partial charge in [-0.2, -0.15) is 0 Å². The molecule has 0 unspecified atom stereocenters. The van der Waals surface area contributed by atoms with Gasteiger partial charge < -0.3 is 19.7 Å². The second-order valence-corrected chi connectivity index (χ2v) is 3.45. The molecule has 0 aliphatic rings. The molecule has 0 fully saturated rings. The largest absolute Gasteiger partial charge is 0.488 e. The molecule has 0 amide bonds. The second kappa shape index (κ2) is 5.70. The highest BCUT2D eigenvalue weighted by molar-refractivity contribution is 6.58. The minimum atomic E-state index is -1.48. The van der Waals surface area contributed by atoms with E-state index in [1.54, 1.807) is 0 Å². The van der Waals surface area contributed by atoms with Gasteiger partial charge in [-0.15, -0.1) is 0 Å². The average Bonchev–Trinajstić information content (AvgIpc) is 2.17. The summed E-state index contributed by atoms with van der Waals surface area (Å²) < 4.78 is 5.33. The van der Waals surface area contributed by atoms with E-state index in [2.05, 4.69) is 4.98 Å². The predicted molar refractivity (Wildman–Crippen MR) is 58.1 cm³/mol. The molecule has 1 heterocycles. The van der Waals surface area contributed by atoms with E-state index in [1.807, 2.05) is 19.0 Å². The number of nitrogens with zero attached hydrogens (tertiary/aromatic N) is 2. The third-order valence-corrected chi connectivity index (χ3v) is 1.85. The summed E-state index contributed by atoms with van der Waals surface area (Å²) in [6, 6.07) is 3.05. The average molecular weight is 210 g/mol. The molecular formula is C9H15BN2O3. The maximum Gasteiger partial charge on any atom is 0.488 e. The summed E-state index contributed by atoms with van der Waals surface area (Å²) in [6.45, 7) is 1.30. The number of rotatable bonds is 5. The molecule has 0 saturated carbocycles. The Morgan fingerprint density at radius 2 is 2.20 bits per heavy atom. The fraction of sp³-hybridized carbons (Fsp3) is 0.444. The molecule has 0 aliphatic carbocycles. The molecule has 1 rings (SSSR count). The van der Waals surface area contributed by atoms with Gasteiger partial charge >= 0.3 is 7.12 Å². The normalized spacial score (nSPS) is 10.5. The third kappa shape index (κ3) is 4.29. The molecule has 6 heteroatoms. The minimum absolute atomic E-state index is 0.379. The van der Waals surface area contributed by atoms with Crippen LogP contribution in [0.3, 0.4) is 0 Å². The highest BCUT2D eigenvalue weighted by atomic mass is 16.5. The highest BCUT2D eigenvalue weighted by Crippen LogP contribution is 2.01. The van der Waals surface area contributed by atoms with Gasteiger partial charge in [0.05, 0.1) is 0 Å². The SMILES string of the molecule is CN(C)CCOc1cc(B(O)O)ccn1. The van der Waals surface area contributed by atoms with Crippen LogP contribution in [0.25, 0.3) is 0 Å². The van der Waals surface area contributed by atoms with Crippen molar-refractivity contribution in [3.05, 3.63) is 18.3 Å². The Hall–Kier alpha value is -1.11. The molecule has 0 aliphatic heterocycles. The first-order valence-corrected chi connectivity index (χ1v) is 4.69. The van der Waals surface area contributed by atoms with Crippen molar-refractivity contribution in [3.63, 3.8) is 0 Å². The summed E-state index contributed by atoms with van der Waals surface area (Å²) in [6.07, 6.45) is 1.49. The molecule has 0 atom stereocenters. The van der Waals surface area contributed by atoms with Crippen molar-refractivity contribution in [2.24, 2.45) is 0 Å². The molecule has 0 saturated heterocycles. The molecule has 1 aromatic rings. The van der Waals surface area contributed by atoms with E-state index in [9.17, 15) is 0 Å². The minimum Gasteiger partial charge on any atom is -0.476 e. The van der Waals surface area contributed by atoms with Crippen LogP contribution in [0.2, 0.25) is 0 Å². The van der Waals surface area contributed by atoms with E-state index in [0.29, 0.717) is 17.9 Å². The van der Waals surface area contributed by atoms with Gasteiger partial charge in [0.2, 0.25) is 5.88 Å². The fourth-order valence-corrected chi connectivity index (χ4v) is 0.997. The van der Waals surface area contributed by atoms with Crippen molar-refractivity contribution in [3.8, 4) is 5.88 Å². The summed E-state index contributed by atoms with van der Waals surface area (Å²) in [5.74, 6) is 0.405. The van der Waals surface area contributed by atoms with Gasteiger partial charge in [0, 0.05) is 18.8 Å². The van der Waals surface area contributed by atoms with Crippen LogP contribution in [0, 0.1) is 0 Å². The van der Waals surface area contributed by atoms with Crippen molar-refractivity contribution in [2.75, 3.05) is 27.2 Å². The standard InChI is InChI=1S/C9H15BN2O3/c1-12(2)5-6-15-9-7-8(10(13)14)3-4-11-9/h3-4,7,13-14H,5-6H2,1-2H3. The van der Waals surface area contributed by atoms with Crippen molar-refractivity contribution >= 4 is 12.6 Å². The van der Waals surface area contributed by atoms with Crippen molar-refractivity contribution in [2.45, 2.75) is 0 Å². The Morgan fingerprint density at radius 3 is 2.80 bits per heavy atom. The molecular weight excluding hydrogens is 195 g/mol. The van der Waals surface area contributed by atoms with E-state index in [0.717, 1.165) is 6.54 Å². The number of aromatic nitrogens is 1. The topological polar surface area (TPSA) is 65.8 Å². The maximum absolute atomic E-state index is 8.93. The van der Waals surface area contributed by atoms with Gasteiger partial charge in [0.25, 0.3) is 0 Å². The molecule has 0 radical (unpaired) electrons. The monoisotopic (exact) mass is 210 g/mol. The Kier molecular flexibility index (Phi) is 4.55. The molecule has 1 aromatic heterocycles. The van der Waals surface area contributed by atoms with Gasteiger partial charge in [-0.3, -0.25) is 0 Å². The smallest absolute Gasteiger partial charge is 0.476 e. The van der Waals surface area contributed by atoms with Crippen LogP contribution >= 0.6 is 0 Å². The summed E-state index contributed by atoms with van der Waals surface area (Å²) in [5.41, 5.74) is 0.379. The van der Waals surface area contributed by atoms with Gasteiger partial charge in [-0.05, 0) is 25.6 Å². The van der Waals surface area contributed by atoms with Crippen LogP contribution in [0.4, 0.5) is 0 Å². The zero-order valence-electron chi connectivity index (χ0n) is 8.92. The first-order chi connectivity index (χ1) is 7.09. The Morgan fingerprint density at radius 1 is 1.47 bits per heavy atom. The lowest BCUT2D eigenvalue weighted by Crippen LogP contribution is -2.30. The van der Waals surface area contributed by atoms with Gasteiger partial charge in [-0.25, -0.2) is 4.98 Å². The van der Waals surface area contributed by atoms with Crippen LogP contribution in [-0.4, -0.2) is 54.3 Å². The van der Waals surface area contributed by atoms with Crippen LogP contribution in [0.15, 0.2) is 18.3 Å². The highest BCUT2D eigenvalue weighted by Gasteiger charge is 2.11. The Bertz CT molecular complexity index is 307. The lowest BCUT2D eigenvalue weighted by atomic mass is 9.81. The summed E-state index contributed by atoms with van der Waals surface area (Å²) in [7, 11) is 2.42. The van der Waals surface area contributed by atoms with Gasteiger partial charge in [0.1, 0.15) is 6.61 Å². The van der Waals surface area contributed by atoms with E-state index in [-0.39, 0.29) is 0 Å². The van der Waals surface area contributed by atoms with Crippen LogP contribution in [0.1, 0.15) is 0 Å². The zero-order chi connectivity index (χ0) is 11.3. The van der Waals surface area contributed by atoms with Crippen LogP contribution in [-0.2, 0) is 0 Å². The second-order valence-electron chi connectivity index (χ2n) is 3.45. The number of likely N-dealkylation sites (N-methyl/N-ethyl adjacent to an activating group) is 1. The van der Waals surface area contributed by atoms with Gasteiger partial charge in [0.15, 0.2) is 0 Å². The molecule has 15 heavy (non-hydrogen) atoms. The fourth-order valence-electron chi connectivity index (χ4n) is 0.997. The Balaban J connectivity index is 2.50. The maximum atomic E-state index is 8.93. The lowest BCUT2D eigenvalue weighted by Gasteiger charge is -2.10.